The molecule has 0 radical (unpaired) electrons. The van der Waals surface area contributed by atoms with Gasteiger partial charge in [-0.1, -0.05) is 19.9 Å². The summed E-state index contributed by atoms with van der Waals surface area (Å²) >= 11 is 0. The molecule has 6 rings (SSSR count). The number of alkyl halides is 2. The molecule has 7 nitrogen and oxygen atoms in total. The Hall–Kier alpha value is -3.82. The van der Waals surface area contributed by atoms with Crippen molar-refractivity contribution in [2.75, 3.05) is 22.9 Å². The van der Waals surface area contributed by atoms with Gasteiger partial charge in [0.05, 0.1) is 29.9 Å². The first-order valence-corrected chi connectivity index (χ1v) is 11.9. The molecule has 1 fully saturated rings. The summed E-state index contributed by atoms with van der Waals surface area (Å²) in [6.07, 6.45) is 1.32. The number of halogens is 3. The zero-order valence-corrected chi connectivity index (χ0v) is 20.1. The third kappa shape index (κ3) is 3.38. The van der Waals surface area contributed by atoms with E-state index in [4.69, 9.17) is 0 Å². The Morgan fingerprint density at radius 3 is 2.61 bits per heavy atom. The number of nitrogens with zero attached hydrogens (tertiary/aromatic N) is 5. The molecule has 186 valence electrons. The van der Waals surface area contributed by atoms with Gasteiger partial charge in [0, 0.05) is 48.2 Å². The molecule has 2 aliphatic rings. The van der Waals surface area contributed by atoms with E-state index in [2.05, 4.69) is 15.1 Å². The lowest BCUT2D eigenvalue weighted by Gasteiger charge is -2.28. The van der Waals surface area contributed by atoms with E-state index in [0.29, 0.717) is 22.5 Å². The number of benzene rings is 2. The Balaban J connectivity index is 1.50. The first-order chi connectivity index (χ1) is 17.1. The number of amides is 1. The van der Waals surface area contributed by atoms with E-state index in [9.17, 15) is 13.6 Å². The van der Waals surface area contributed by atoms with Crippen molar-refractivity contribution in [2.45, 2.75) is 38.2 Å². The molecule has 1 amide bonds. The number of fused-ring (bicyclic) bond motifs is 2. The zero-order chi connectivity index (χ0) is 25.4. The molecule has 1 saturated heterocycles. The molecule has 0 saturated carbocycles. The van der Waals surface area contributed by atoms with E-state index in [1.807, 2.05) is 19.9 Å². The molecule has 2 aromatic heterocycles. The summed E-state index contributed by atoms with van der Waals surface area (Å²) < 4.78 is 45.0. The van der Waals surface area contributed by atoms with Crippen LogP contribution in [0.5, 0.6) is 0 Å². The number of aryl methyl sites for hydroxylation is 1. The van der Waals surface area contributed by atoms with Crippen molar-refractivity contribution < 1.29 is 18.0 Å². The summed E-state index contributed by atoms with van der Waals surface area (Å²) in [4.78, 5) is 24.1. The predicted octanol–water partition coefficient (Wildman–Crippen LogP) is 5.15. The first kappa shape index (κ1) is 22.6. The highest BCUT2D eigenvalue weighted by molar-refractivity contribution is 6.11. The van der Waals surface area contributed by atoms with Crippen LogP contribution >= 0.6 is 0 Å². The highest BCUT2D eigenvalue weighted by Gasteiger charge is 2.45. The molecule has 36 heavy (non-hydrogen) atoms. The SMILES string of the molecule is CC(C)c1c2c(nn1C)C(=O)N(c1ccc3[nH]cnc3c1)C2c1ccc(N2CCC(F)(F)C2)cc1F. The van der Waals surface area contributed by atoms with Gasteiger partial charge >= 0.3 is 0 Å². The summed E-state index contributed by atoms with van der Waals surface area (Å²) in [5.41, 5.74) is 4.55. The van der Waals surface area contributed by atoms with Gasteiger partial charge in [0.2, 0.25) is 0 Å². The Labute approximate surface area is 205 Å². The van der Waals surface area contributed by atoms with Crippen LogP contribution < -0.4 is 9.80 Å². The number of imidazole rings is 1. The van der Waals surface area contributed by atoms with Crippen LogP contribution in [0.15, 0.2) is 42.7 Å². The molecule has 4 aromatic rings. The Morgan fingerprint density at radius 1 is 1.14 bits per heavy atom. The molecule has 1 unspecified atom stereocenters. The first-order valence-electron chi connectivity index (χ1n) is 11.9. The smallest absolute Gasteiger partial charge is 0.280 e. The van der Waals surface area contributed by atoms with Crippen LogP contribution in [0.4, 0.5) is 24.5 Å². The van der Waals surface area contributed by atoms with Gasteiger partial charge in [0.25, 0.3) is 11.8 Å². The van der Waals surface area contributed by atoms with Crippen LogP contribution in [-0.4, -0.2) is 44.7 Å². The fourth-order valence-electron chi connectivity index (χ4n) is 5.55. The number of nitrogens with one attached hydrogen (secondary N) is 1. The maximum atomic E-state index is 15.8. The van der Waals surface area contributed by atoms with Crippen molar-refractivity contribution in [1.29, 1.82) is 0 Å². The van der Waals surface area contributed by atoms with E-state index in [-0.39, 0.29) is 36.0 Å². The Morgan fingerprint density at radius 2 is 1.92 bits per heavy atom. The van der Waals surface area contributed by atoms with Gasteiger partial charge in [-0.25, -0.2) is 18.2 Å². The van der Waals surface area contributed by atoms with Crippen molar-refractivity contribution in [2.24, 2.45) is 7.05 Å². The van der Waals surface area contributed by atoms with Crippen LogP contribution in [0.3, 0.4) is 0 Å². The average Bonchev–Trinajstić information content (AvgIpc) is 3.57. The molecule has 10 heteroatoms. The second-order valence-corrected chi connectivity index (χ2v) is 9.84. The van der Waals surface area contributed by atoms with Crippen molar-refractivity contribution in [3.63, 3.8) is 0 Å². The van der Waals surface area contributed by atoms with Crippen LogP contribution in [0.2, 0.25) is 0 Å². The van der Waals surface area contributed by atoms with Crippen molar-refractivity contribution in [3.8, 4) is 0 Å². The van der Waals surface area contributed by atoms with Crippen molar-refractivity contribution >= 4 is 28.3 Å². The Bertz CT molecular complexity index is 1510. The molecule has 0 aliphatic carbocycles. The monoisotopic (exact) mass is 494 g/mol. The van der Waals surface area contributed by atoms with E-state index >= 15 is 4.39 Å². The molecular formula is C26H25F3N6O. The van der Waals surface area contributed by atoms with E-state index in [1.54, 1.807) is 47.2 Å². The maximum absolute atomic E-state index is 15.8. The van der Waals surface area contributed by atoms with Gasteiger partial charge in [0.1, 0.15) is 5.82 Å². The van der Waals surface area contributed by atoms with Gasteiger partial charge in [-0.2, -0.15) is 5.10 Å². The van der Waals surface area contributed by atoms with Crippen LogP contribution in [0.25, 0.3) is 11.0 Å². The molecule has 1 N–H and O–H groups in total. The minimum absolute atomic E-state index is 0.0319. The lowest BCUT2D eigenvalue weighted by atomic mass is 9.94. The number of rotatable bonds is 4. The zero-order valence-electron chi connectivity index (χ0n) is 20.1. The molecule has 2 aromatic carbocycles. The number of aromatic nitrogens is 4. The minimum atomic E-state index is -2.79. The highest BCUT2D eigenvalue weighted by Crippen LogP contribution is 2.46. The number of carbonyl (C=O) groups is 1. The second kappa shape index (κ2) is 7.84. The maximum Gasteiger partial charge on any atom is 0.280 e. The van der Waals surface area contributed by atoms with Crippen LogP contribution in [0.1, 0.15) is 59.5 Å². The van der Waals surface area contributed by atoms with Gasteiger partial charge in [0.15, 0.2) is 5.69 Å². The summed E-state index contributed by atoms with van der Waals surface area (Å²) in [5, 5.41) is 4.51. The highest BCUT2D eigenvalue weighted by atomic mass is 19.3. The molecule has 2 aliphatic heterocycles. The van der Waals surface area contributed by atoms with E-state index in [0.717, 1.165) is 11.2 Å². The van der Waals surface area contributed by atoms with Crippen LogP contribution in [-0.2, 0) is 7.05 Å². The summed E-state index contributed by atoms with van der Waals surface area (Å²) in [6, 6.07) is 9.20. The lowest BCUT2D eigenvalue weighted by Crippen LogP contribution is -2.31. The fourth-order valence-corrected chi connectivity index (χ4v) is 5.55. The molecular weight excluding hydrogens is 469 g/mol. The average molecular weight is 495 g/mol. The molecule has 4 heterocycles. The number of anilines is 2. The second-order valence-electron chi connectivity index (χ2n) is 9.84. The number of aromatic amines is 1. The summed E-state index contributed by atoms with van der Waals surface area (Å²) in [6.45, 7) is 3.73. The molecule has 1 atom stereocenters. The van der Waals surface area contributed by atoms with E-state index in [1.165, 1.54) is 11.0 Å². The van der Waals surface area contributed by atoms with Crippen molar-refractivity contribution in [3.05, 3.63) is 71.1 Å². The fraction of sp³-hybridized carbons (Fsp3) is 0.346. The normalized spacial score (nSPS) is 19.2. The number of hydrogen-bond acceptors (Lipinski definition) is 4. The summed E-state index contributed by atoms with van der Waals surface area (Å²) in [7, 11) is 1.78. The van der Waals surface area contributed by atoms with Gasteiger partial charge in [-0.3, -0.25) is 14.4 Å². The number of carbonyl (C=O) groups excluding carboxylic acids is 1. The topological polar surface area (TPSA) is 70.0 Å². The number of H-pyrrole nitrogens is 1. The minimum Gasteiger partial charge on any atom is -0.365 e. The standard InChI is InChI=1S/C26H25F3N6O/c1-14(2)23-21-22(32-33(23)3)25(36)35(16-5-7-19-20(11-16)31-13-30-19)24(21)17-6-4-15(10-18(17)27)34-9-8-26(28,29)12-34/h4-7,10-11,13-14,24H,8-9,12H2,1-3H3,(H,30,31). The predicted molar refractivity (Wildman–Crippen MR) is 130 cm³/mol. The largest absolute Gasteiger partial charge is 0.365 e. The molecule has 0 bridgehead atoms. The van der Waals surface area contributed by atoms with Crippen molar-refractivity contribution in [1.82, 2.24) is 19.7 Å². The van der Waals surface area contributed by atoms with E-state index < -0.39 is 24.3 Å². The molecule has 0 spiro atoms. The quantitative estimate of drug-likeness (QED) is 0.426. The third-order valence-corrected chi connectivity index (χ3v) is 7.13. The number of hydrogen-bond donors (Lipinski definition) is 1. The summed E-state index contributed by atoms with van der Waals surface area (Å²) in [5.74, 6) is -3.64. The van der Waals surface area contributed by atoms with Gasteiger partial charge in [-0.05, 0) is 36.2 Å². The van der Waals surface area contributed by atoms with Gasteiger partial charge in [-0.15, -0.1) is 0 Å². The van der Waals surface area contributed by atoms with Crippen LogP contribution in [0, 0.1) is 5.82 Å². The van der Waals surface area contributed by atoms with Gasteiger partial charge < -0.3 is 9.88 Å². The Kier molecular flexibility index (Phi) is 4.93. The lowest BCUT2D eigenvalue weighted by molar-refractivity contribution is 0.0257. The third-order valence-electron chi connectivity index (χ3n) is 7.13.